The third-order valence-corrected chi connectivity index (χ3v) is 5.00. The van der Waals surface area contributed by atoms with Gasteiger partial charge in [0.05, 0.1) is 23.9 Å². The molecule has 142 valence electrons. The lowest BCUT2D eigenvalue weighted by molar-refractivity contribution is -0.113. The Labute approximate surface area is 163 Å². The molecule has 0 aromatic heterocycles. The van der Waals surface area contributed by atoms with Crippen molar-refractivity contribution in [3.05, 3.63) is 65.2 Å². The summed E-state index contributed by atoms with van der Waals surface area (Å²) in [5.41, 5.74) is 3.25. The molecule has 0 saturated carbocycles. The van der Waals surface area contributed by atoms with E-state index in [1.54, 1.807) is 48.4 Å². The van der Waals surface area contributed by atoms with Crippen LogP contribution >= 0.6 is 0 Å². The van der Waals surface area contributed by atoms with E-state index in [1.165, 1.54) is 0 Å². The Balaban J connectivity index is 1.81. The van der Waals surface area contributed by atoms with Gasteiger partial charge in [-0.2, -0.15) is 0 Å². The van der Waals surface area contributed by atoms with Gasteiger partial charge in [0.1, 0.15) is 5.75 Å². The first-order valence-electron chi connectivity index (χ1n) is 8.94. The molecule has 0 bridgehead atoms. The molecule has 6 heteroatoms. The zero-order chi connectivity index (χ0) is 20.1. The average Bonchev–Trinajstić information content (AvgIpc) is 2.96. The third-order valence-electron chi connectivity index (χ3n) is 5.00. The predicted molar refractivity (Wildman–Crippen MR) is 107 cm³/mol. The first kappa shape index (κ1) is 18.0. The predicted octanol–water partition coefficient (Wildman–Crippen LogP) is 3.80. The van der Waals surface area contributed by atoms with Crippen molar-refractivity contribution in [3.8, 4) is 5.75 Å². The maximum Gasteiger partial charge on any atom is 0.365 e. The van der Waals surface area contributed by atoms with Crippen LogP contribution < -0.4 is 9.64 Å². The second kappa shape index (κ2) is 6.34. The Morgan fingerprint density at radius 1 is 1.11 bits per heavy atom. The number of benzene rings is 2. The summed E-state index contributed by atoms with van der Waals surface area (Å²) in [6, 6.07) is 12.2. The van der Waals surface area contributed by atoms with Gasteiger partial charge in [-0.25, -0.2) is 4.79 Å². The average molecular weight is 376 g/mol. The fourth-order valence-corrected chi connectivity index (χ4v) is 3.79. The van der Waals surface area contributed by atoms with Crippen molar-refractivity contribution in [1.29, 1.82) is 0 Å². The number of allylic oxidation sites excluding steroid dienone is 1. The summed E-state index contributed by atoms with van der Waals surface area (Å²) in [6.07, 6.45) is 2.04. The molecular weight excluding hydrogens is 356 g/mol. The van der Waals surface area contributed by atoms with E-state index >= 15 is 0 Å². The van der Waals surface area contributed by atoms with Crippen molar-refractivity contribution in [1.82, 2.24) is 0 Å². The molecule has 2 heterocycles. The van der Waals surface area contributed by atoms with Crippen LogP contribution in [0, 0.1) is 0 Å². The van der Waals surface area contributed by atoms with Crippen molar-refractivity contribution >= 4 is 28.8 Å². The fraction of sp³-hybridized carbons (Fsp3) is 0.227. The lowest BCUT2D eigenvalue weighted by Crippen LogP contribution is -2.47. The summed E-state index contributed by atoms with van der Waals surface area (Å²) >= 11 is 0. The number of rotatable bonds is 3. The van der Waals surface area contributed by atoms with Gasteiger partial charge in [0.25, 0.3) is 5.91 Å². The SMILES string of the molecule is COc1cc2c3c(c1)/C(=N\OC(=O)c1ccccc1)C(=O)N3C(C)(C)C=C2C. The van der Waals surface area contributed by atoms with Crippen LogP contribution in [0.5, 0.6) is 5.75 Å². The monoisotopic (exact) mass is 376 g/mol. The number of amides is 1. The summed E-state index contributed by atoms with van der Waals surface area (Å²) in [7, 11) is 1.57. The molecule has 0 atom stereocenters. The molecule has 4 rings (SSSR count). The molecule has 2 aliphatic rings. The van der Waals surface area contributed by atoms with Gasteiger partial charge >= 0.3 is 5.97 Å². The van der Waals surface area contributed by atoms with Gasteiger partial charge in [-0.1, -0.05) is 29.4 Å². The van der Waals surface area contributed by atoms with Crippen molar-refractivity contribution in [2.75, 3.05) is 12.0 Å². The molecule has 0 radical (unpaired) electrons. The van der Waals surface area contributed by atoms with Gasteiger partial charge in [0.15, 0.2) is 5.71 Å². The number of hydrogen-bond donors (Lipinski definition) is 0. The molecule has 2 aromatic carbocycles. The first-order chi connectivity index (χ1) is 13.3. The normalized spacial score (nSPS) is 18.0. The van der Waals surface area contributed by atoms with Crippen LogP contribution in [0.25, 0.3) is 5.57 Å². The highest BCUT2D eigenvalue weighted by atomic mass is 16.7. The largest absolute Gasteiger partial charge is 0.497 e. The van der Waals surface area contributed by atoms with E-state index in [4.69, 9.17) is 9.57 Å². The zero-order valence-electron chi connectivity index (χ0n) is 16.1. The first-order valence-corrected chi connectivity index (χ1v) is 8.94. The maximum atomic E-state index is 13.2. The van der Waals surface area contributed by atoms with Gasteiger partial charge < -0.3 is 9.57 Å². The molecular formula is C22H20N2O4. The van der Waals surface area contributed by atoms with Crippen molar-refractivity contribution in [2.45, 2.75) is 26.3 Å². The number of methoxy groups -OCH3 is 1. The number of hydrogen-bond acceptors (Lipinski definition) is 5. The minimum atomic E-state index is -0.618. The van der Waals surface area contributed by atoms with E-state index in [0.717, 1.165) is 16.8 Å². The number of carbonyl (C=O) groups is 2. The van der Waals surface area contributed by atoms with Crippen LogP contribution in [0.2, 0.25) is 0 Å². The highest BCUT2D eigenvalue weighted by Gasteiger charge is 2.46. The van der Waals surface area contributed by atoms with Gasteiger partial charge in [0.2, 0.25) is 0 Å². The topological polar surface area (TPSA) is 68.2 Å². The van der Waals surface area contributed by atoms with Crippen LogP contribution in [0.15, 0.2) is 53.7 Å². The number of anilines is 1. The second-order valence-electron chi connectivity index (χ2n) is 7.38. The molecule has 6 nitrogen and oxygen atoms in total. The molecule has 0 saturated heterocycles. The van der Waals surface area contributed by atoms with E-state index in [9.17, 15) is 9.59 Å². The van der Waals surface area contributed by atoms with E-state index in [1.807, 2.05) is 32.9 Å². The van der Waals surface area contributed by atoms with Gasteiger partial charge in [-0.05, 0) is 50.6 Å². The Bertz CT molecular complexity index is 1050. The van der Waals surface area contributed by atoms with Crippen LogP contribution in [0.4, 0.5) is 5.69 Å². The van der Waals surface area contributed by atoms with E-state index in [-0.39, 0.29) is 11.6 Å². The summed E-state index contributed by atoms with van der Waals surface area (Å²) in [5, 5.41) is 3.95. The minimum absolute atomic E-state index is 0.0932. The molecule has 28 heavy (non-hydrogen) atoms. The summed E-state index contributed by atoms with van der Waals surface area (Å²) in [5.74, 6) is -0.315. The number of ether oxygens (including phenoxy) is 1. The molecule has 2 aliphatic heterocycles. The van der Waals surface area contributed by atoms with Gasteiger partial charge in [-0.15, -0.1) is 0 Å². The summed E-state index contributed by atoms with van der Waals surface area (Å²) in [4.78, 5) is 32.2. The van der Waals surface area contributed by atoms with Crippen LogP contribution in [0.3, 0.4) is 0 Å². The molecule has 1 amide bonds. The highest BCUT2D eigenvalue weighted by Crippen LogP contribution is 2.47. The van der Waals surface area contributed by atoms with Gasteiger partial charge in [-0.3, -0.25) is 9.69 Å². The van der Waals surface area contributed by atoms with E-state index < -0.39 is 11.5 Å². The minimum Gasteiger partial charge on any atom is -0.497 e. The smallest absolute Gasteiger partial charge is 0.365 e. The standard InChI is InChI=1S/C22H20N2O4/c1-13-12-22(2,3)24-19-16(13)10-15(27-4)11-17(19)18(20(24)25)23-28-21(26)14-8-6-5-7-9-14/h5-12H,1-4H3/b23-18+. The number of nitrogens with zero attached hydrogens (tertiary/aromatic N) is 2. The Hall–Kier alpha value is -3.41. The molecule has 0 aliphatic carbocycles. The molecule has 0 N–H and O–H groups in total. The van der Waals surface area contributed by atoms with Crippen molar-refractivity contribution in [2.24, 2.45) is 5.16 Å². The maximum absolute atomic E-state index is 13.2. The zero-order valence-corrected chi connectivity index (χ0v) is 16.1. The van der Waals surface area contributed by atoms with Crippen LogP contribution in [-0.4, -0.2) is 30.2 Å². The number of carbonyl (C=O) groups excluding carboxylic acids is 2. The number of oxime groups is 1. The third kappa shape index (κ3) is 2.69. The van der Waals surface area contributed by atoms with Crippen LogP contribution in [-0.2, 0) is 9.63 Å². The van der Waals surface area contributed by atoms with Crippen LogP contribution in [0.1, 0.15) is 42.3 Å². The fourth-order valence-electron chi connectivity index (χ4n) is 3.79. The highest BCUT2D eigenvalue weighted by molar-refractivity contribution is 6.55. The molecule has 0 fully saturated rings. The quantitative estimate of drug-likeness (QED) is 0.604. The molecule has 0 unspecified atom stereocenters. The summed E-state index contributed by atoms with van der Waals surface area (Å²) in [6.45, 7) is 5.93. The van der Waals surface area contributed by atoms with Gasteiger partial charge in [0, 0.05) is 11.1 Å². The van der Waals surface area contributed by atoms with E-state index in [2.05, 4.69) is 5.16 Å². The molecule has 2 aromatic rings. The van der Waals surface area contributed by atoms with Crippen molar-refractivity contribution in [3.63, 3.8) is 0 Å². The van der Waals surface area contributed by atoms with Crippen molar-refractivity contribution < 1.29 is 19.2 Å². The lowest BCUT2D eigenvalue weighted by Gasteiger charge is -2.38. The molecule has 0 spiro atoms. The van der Waals surface area contributed by atoms with E-state index in [0.29, 0.717) is 16.9 Å². The summed E-state index contributed by atoms with van der Waals surface area (Å²) < 4.78 is 5.40. The lowest BCUT2D eigenvalue weighted by atomic mass is 9.89. The Morgan fingerprint density at radius 2 is 1.79 bits per heavy atom. The Kier molecular flexibility index (Phi) is 4.07. The Morgan fingerprint density at radius 3 is 2.46 bits per heavy atom. The second-order valence-corrected chi connectivity index (χ2v) is 7.38.